The zero-order valence-corrected chi connectivity index (χ0v) is 9.79. The Kier molecular flexibility index (Phi) is 3.19. The van der Waals surface area contributed by atoms with Crippen LogP contribution in [0.5, 0.6) is 0 Å². The van der Waals surface area contributed by atoms with E-state index in [1.807, 2.05) is 4.98 Å². The van der Waals surface area contributed by atoms with Crippen LogP contribution in [0.4, 0.5) is 13.2 Å². The third kappa shape index (κ3) is 2.68. The highest BCUT2D eigenvalue weighted by molar-refractivity contribution is 6.32. The molecule has 0 bridgehead atoms. The second-order valence-electron chi connectivity index (χ2n) is 3.51. The first-order valence-corrected chi connectivity index (χ1v) is 5.22. The van der Waals surface area contributed by atoms with Crippen molar-refractivity contribution in [3.8, 4) is 5.82 Å². The highest BCUT2D eigenvalue weighted by Gasteiger charge is 2.31. The van der Waals surface area contributed by atoms with Crippen LogP contribution in [-0.2, 0) is 6.18 Å². The normalized spacial score (nSPS) is 11.6. The number of halogens is 4. The van der Waals surface area contributed by atoms with Gasteiger partial charge in [-0.2, -0.15) is 13.2 Å². The van der Waals surface area contributed by atoms with Crippen molar-refractivity contribution in [1.82, 2.24) is 14.5 Å². The van der Waals surface area contributed by atoms with E-state index in [1.165, 1.54) is 0 Å². The fraction of sp³-hybridized carbons (Fsp3) is 0.100. The quantitative estimate of drug-likeness (QED) is 0.867. The summed E-state index contributed by atoms with van der Waals surface area (Å²) < 4.78 is 38.1. The Bertz CT molecular complexity index is 736. The largest absolute Gasteiger partial charge is 0.417 e. The van der Waals surface area contributed by atoms with E-state index in [0.29, 0.717) is 12.3 Å². The molecule has 2 heterocycles. The first kappa shape index (κ1) is 13.3. The highest BCUT2D eigenvalue weighted by Crippen LogP contribution is 2.31. The molecule has 19 heavy (non-hydrogen) atoms. The number of hydrogen-bond acceptors (Lipinski definition) is 3. The summed E-state index contributed by atoms with van der Waals surface area (Å²) in [5.41, 5.74) is -2.51. The molecule has 0 aromatic carbocycles. The van der Waals surface area contributed by atoms with Crippen LogP contribution >= 0.6 is 11.6 Å². The molecule has 0 fully saturated rings. The molecular weight excluding hydrogens is 287 g/mol. The van der Waals surface area contributed by atoms with Gasteiger partial charge in [0.25, 0.3) is 5.56 Å². The van der Waals surface area contributed by atoms with E-state index in [9.17, 15) is 22.8 Å². The number of aromatic nitrogens is 3. The molecular formula is C10H5ClF3N3O2. The van der Waals surface area contributed by atoms with Crippen molar-refractivity contribution in [2.75, 3.05) is 0 Å². The van der Waals surface area contributed by atoms with Crippen LogP contribution in [0, 0.1) is 0 Å². The van der Waals surface area contributed by atoms with Crippen LogP contribution in [0.3, 0.4) is 0 Å². The summed E-state index contributed by atoms with van der Waals surface area (Å²) >= 11 is 5.67. The maximum absolute atomic E-state index is 12.4. The lowest BCUT2D eigenvalue weighted by Gasteiger charge is -2.09. The van der Waals surface area contributed by atoms with Crippen LogP contribution in [0.2, 0.25) is 5.02 Å². The lowest BCUT2D eigenvalue weighted by molar-refractivity contribution is -0.137. The average Bonchev–Trinajstić information content (AvgIpc) is 2.28. The van der Waals surface area contributed by atoms with Crippen LogP contribution in [0.1, 0.15) is 5.56 Å². The third-order valence-electron chi connectivity index (χ3n) is 2.20. The minimum atomic E-state index is -4.58. The summed E-state index contributed by atoms with van der Waals surface area (Å²) in [4.78, 5) is 27.8. The number of rotatable bonds is 1. The van der Waals surface area contributed by atoms with Crippen molar-refractivity contribution >= 4 is 11.6 Å². The van der Waals surface area contributed by atoms with Crippen molar-refractivity contribution in [2.24, 2.45) is 0 Å². The van der Waals surface area contributed by atoms with Gasteiger partial charge in [-0.1, -0.05) is 11.6 Å². The van der Waals surface area contributed by atoms with Crippen LogP contribution in [0.15, 0.2) is 34.1 Å². The number of alkyl halides is 3. The number of nitrogens with zero attached hydrogens (tertiary/aromatic N) is 2. The molecule has 2 aromatic heterocycles. The van der Waals surface area contributed by atoms with E-state index < -0.39 is 23.0 Å². The Morgan fingerprint density at radius 2 is 2.00 bits per heavy atom. The number of nitrogens with one attached hydrogen (secondary N) is 1. The van der Waals surface area contributed by atoms with Crippen LogP contribution < -0.4 is 11.2 Å². The molecule has 0 spiro atoms. The van der Waals surface area contributed by atoms with Crippen molar-refractivity contribution < 1.29 is 13.2 Å². The van der Waals surface area contributed by atoms with Gasteiger partial charge in [0.1, 0.15) is 0 Å². The highest BCUT2D eigenvalue weighted by atomic mass is 35.5. The third-order valence-corrected chi connectivity index (χ3v) is 2.48. The molecule has 0 unspecified atom stereocenters. The van der Waals surface area contributed by atoms with Gasteiger partial charge in [0, 0.05) is 18.5 Å². The Morgan fingerprint density at radius 3 is 2.53 bits per heavy atom. The van der Waals surface area contributed by atoms with Crippen molar-refractivity contribution in [3.63, 3.8) is 0 Å². The van der Waals surface area contributed by atoms with Gasteiger partial charge in [0.05, 0.1) is 10.6 Å². The summed E-state index contributed by atoms with van der Waals surface area (Å²) in [5.74, 6) is -0.198. The molecule has 0 aliphatic carbocycles. The predicted octanol–water partition coefficient (Wildman–Crippen LogP) is 1.59. The second kappa shape index (κ2) is 4.54. The van der Waals surface area contributed by atoms with Crippen LogP contribution in [-0.4, -0.2) is 14.5 Å². The maximum atomic E-state index is 12.4. The van der Waals surface area contributed by atoms with Gasteiger partial charge in [0.2, 0.25) is 0 Å². The van der Waals surface area contributed by atoms with E-state index in [4.69, 9.17) is 11.6 Å². The first-order chi connectivity index (χ1) is 8.79. The zero-order chi connectivity index (χ0) is 14.2. The minimum Gasteiger partial charge on any atom is -0.274 e. The van der Waals surface area contributed by atoms with E-state index in [1.54, 1.807) is 0 Å². The van der Waals surface area contributed by atoms with E-state index in [2.05, 4.69) is 4.98 Å². The Hall–Kier alpha value is -2.09. The molecule has 1 N–H and O–H groups in total. The fourth-order valence-corrected chi connectivity index (χ4v) is 1.60. The molecule has 0 saturated carbocycles. The first-order valence-electron chi connectivity index (χ1n) is 4.84. The van der Waals surface area contributed by atoms with Crippen molar-refractivity contribution in [3.05, 3.63) is 56.0 Å². The molecule has 100 valence electrons. The van der Waals surface area contributed by atoms with Gasteiger partial charge in [-0.15, -0.1) is 0 Å². The van der Waals surface area contributed by atoms with Crippen LogP contribution in [0.25, 0.3) is 5.82 Å². The van der Waals surface area contributed by atoms with Gasteiger partial charge in [0.15, 0.2) is 5.82 Å². The molecule has 2 aromatic rings. The topological polar surface area (TPSA) is 67.8 Å². The lowest BCUT2D eigenvalue weighted by atomic mass is 10.3. The van der Waals surface area contributed by atoms with Gasteiger partial charge in [-0.25, -0.2) is 9.78 Å². The minimum absolute atomic E-state index is 0.198. The monoisotopic (exact) mass is 291 g/mol. The molecule has 0 aliphatic heterocycles. The summed E-state index contributed by atoms with van der Waals surface area (Å²) in [6.45, 7) is 0. The van der Waals surface area contributed by atoms with E-state index in [0.717, 1.165) is 16.8 Å². The molecule has 0 atom stereocenters. The van der Waals surface area contributed by atoms with Gasteiger partial charge >= 0.3 is 11.9 Å². The Morgan fingerprint density at radius 1 is 1.32 bits per heavy atom. The molecule has 0 radical (unpaired) electrons. The van der Waals surface area contributed by atoms with Gasteiger partial charge < -0.3 is 0 Å². The molecule has 5 nitrogen and oxygen atoms in total. The van der Waals surface area contributed by atoms with E-state index in [-0.39, 0.29) is 10.8 Å². The molecule has 0 saturated heterocycles. The molecule has 2 rings (SSSR count). The summed E-state index contributed by atoms with van der Waals surface area (Å²) in [6.07, 6.45) is -2.95. The van der Waals surface area contributed by atoms with Crippen molar-refractivity contribution in [1.29, 1.82) is 0 Å². The van der Waals surface area contributed by atoms with Gasteiger partial charge in [-0.3, -0.25) is 14.3 Å². The maximum Gasteiger partial charge on any atom is 0.417 e. The summed E-state index contributed by atoms with van der Waals surface area (Å²) in [6, 6.07) is 1.68. The van der Waals surface area contributed by atoms with Gasteiger partial charge in [-0.05, 0) is 6.07 Å². The van der Waals surface area contributed by atoms with E-state index >= 15 is 0 Å². The number of pyridine rings is 1. The number of hydrogen-bond donors (Lipinski definition) is 1. The standard InChI is InChI=1S/C10H5ClF3N3O2/c11-6-3-5(10(12,13)14)4-15-8(6)17-2-1-7(18)16-9(17)19/h1-4H,(H,16,18,19). The average molecular weight is 292 g/mol. The Balaban J connectivity index is 2.59. The number of H-pyrrole nitrogens is 1. The van der Waals surface area contributed by atoms with Crippen molar-refractivity contribution in [2.45, 2.75) is 6.18 Å². The Labute approximate surface area is 108 Å². The molecule has 0 amide bonds. The second-order valence-corrected chi connectivity index (χ2v) is 3.91. The SMILES string of the molecule is O=c1ccn(-c2ncc(C(F)(F)F)cc2Cl)c(=O)[nH]1. The lowest BCUT2D eigenvalue weighted by Crippen LogP contribution is -2.28. The molecule has 0 aliphatic rings. The molecule has 9 heteroatoms. The fourth-order valence-electron chi connectivity index (χ4n) is 1.35. The zero-order valence-electron chi connectivity index (χ0n) is 9.03. The smallest absolute Gasteiger partial charge is 0.274 e. The summed E-state index contributed by atoms with van der Waals surface area (Å²) in [7, 11) is 0. The number of aromatic amines is 1. The summed E-state index contributed by atoms with van der Waals surface area (Å²) in [5, 5.41) is -0.357. The predicted molar refractivity (Wildman–Crippen MR) is 60.5 cm³/mol.